The first-order valence-electron chi connectivity index (χ1n) is 4.42. The number of carbonyl (C=O) groups is 2. The van der Waals surface area contributed by atoms with Gasteiger partial charge in [-0.2, -0.15) is 13.2 Å². The highest BCUT2D eigenvalue weighted by Gasteiger charge is 2.34. The Hall–Kier alpha value is -1.76. The van der Waals surface area contributed by atoms with Crippen LogP contribution in [0.2, 0.25) is 5.02 Å². The maximum Gasteiger partial charge on any atom is 0.422 e. The molecule has 8 heteroatoms. The van der Waals surface area contributed by atoms with Crippen LogP contribution in [0.1, 0.15) is 5.56 Å². The molecule has 0 unspecified atom stereocenters. The van der Waals surface area contributed by atoms with Gasteiger partial charge in [-0.05, 0) is 18.2 Å². The van der Waals surface area contributed by atoms with Crippen LogP contribution in [0.25, 0.3) is 0 Å². The topological polar surface area (TPSA) is 52.6 Å². The highest BCUT2D eigenvalue weighted by Crippen LogP contribution is 2.36. The number of hydrogen-bond donors (Lipinski definition) is 0. The molecule has 0 N–H and O–H groups in total. The Kier molecular flexibility index (Phi) is 4.18. The average Bonchev–Trinajstić information content (AvgIpc) is 2.29. The van der Waals surface area contributed by atoms with Crippen LogP contribution in [-0.4, -0.2) is 19.0 Å². The standard InChI is InChI=1S/C10H6ClF3O4/c1-17-8(15)9(16)18-5-2-3-7(11)6(4-5)10(12,13)14/h2-4H,1H3. The van der Waals surface area contributed by atoms with Crippen LogP contribution in [0.4, 0.5) is 13.2 Å². The molecule has 1 aromatic rings. The van der Waals surface area contributed by atoms with E-state index in [1.807, 2.05) is 0 Å². The minimum atomic E-state index is -4.69. The zero-order valence-corrected chi connectivity index (χ0v) is 9.63. The molecule has 0 fully saturated rings. The third-order valence-electron chi connectivity index (χ3n) is 1.81. The Morgan fingerprint density at radius 3 is 2.33 bits per heavy atom. The summed E-state index contributed by atoms with van der Waals surface area (Å²) in [6, 6.07) is 2.45. The number of alkyl halides is 3. The first kappa shape index (κ1) is 14.3. The summed E-state index contributed by atoms with van der Waals surface area (Å²) >= 11 is 5.36. The molecule has 0 bridgehead atoms. The van der Waals surface area contributed by atoms with Crippen LogP contribution in [0.15, 0.2) is 18.2 Å². The van der Waals surface area contributed by atoms with Gasteiger partial charge < -0.3 is 9.47 Å². The van der Waals surface area contributed by atoms with E-state index in [1.165, 1.54) is 0 Å². The van der Waals surface area contributed by atoms with Gasteiger partial charge in [-0.1, -0.05) is 11.6 Å². The molecule has 0 heterocycles. The van der Waals surface area contributed by atoms with Crippen molar-refractivity contribution in [1.82, 2.24) is 0 Å². The fourth-order valence-electron chi connectivity index (χ4n) is 1.02. The molecule has 1 rings (SSSR count). The molecule has 98 valence electrons. The summed E-state index contributed by atoms with van der Waals surface area (Å²) in [5, 5.41) is -0.541. The number of esters is 2. The van der Waals surface area contributed by atoms with Crippen LogP contribution < -0.4 is 4.74 Å². The second kappa shape index (κ2) is 5.26. The second-order valence-electron chi connectivity index (χ2n) is 3.02. The average molecular weight is 283 g/mol. The second-order valence-corrected chi connectivity index (χ2v) is 3.43. The van der Waals surface area contributed by atoms with Crippen LogP contribution in [0.3, 0.4) is 0 Å². The van der Waals surface area contributed by atoms with Crippen LogP contribution >= 0.6 is 11.6 Å². The molecule has 0 aliphatic rings. The third kappa shape index (κ3) is 3.36. The zero-order chi connectivity index (χ0) is 13.9. The Balaban J connectivity index is 3.00. The summed E-state index contributed by atoms with van der Waals surface area (Å²) in [5.41, 5.74) is -1.17. The van der Waals surface area contributed by atoms with Gasteiger partial charge in [-0.25, -0.2) is 9.59 Å². The lowest BCUT2D eigenvalue weighted by Gasteiger charge is -2.10. The lowest BCUT2D eigenvalue weighted by Crippen LogP contribution is -2.21. The third-order valence-corrected chi connectivity index (χ3v) is 2.14. The maximum absolute atomic E-state index is 12.5. The summed E-state index contributed by atoms with van der Waals surface area (Å²) in [4.78, 5) is 21.7. The largest absolute Gasteiger partial charge is 0.461 e. The molecule has 1 aromatic carbocycles. The normalized spacial score (nSPS) is 10.9. The van der Waals surface area contributed by atoms with Gasteiger partial charge in [0.15, 0.2) is 0 Å². The Morgan fingerprint density at radius 2 is 1.83 bits per heavy atom. The van der Waals surface area contributed by atoms with Crippen molar-refractivity contribution in [2.24, 2.45) is 0 Å². The number of halogens is 4. The monoisotopic (exact) mass is 282 g/mol. The van der Waals surface area contributed by atoms with Crippen LogP contribution in [0, 0.1) is 0 Å². The molecule has 0 aromatic heterocycles. The Labute approximate surface area is 104 Å². The van der Waals surface area contributed by atoms with E-state index in [4.69, 9.17) is 11.6 Å². The smallest absolute Gasteiger partial charge is 0.422 e. The lowest BCUT2D eigenvalue weighted by molar-refractivity contribution is -0.160. The van der Waals surface area contributed by atoms with Crippen molar-refractivity contribution >= 4 is 23.5 Å². The van der Waals surface area contributed by atoms with Gasteiger partial charge >= 0.3 is 18.1 Å². The number of carbonyl (C=O) groups excluding carboxylic acids is 2. The molecule has 0 atom stereocenters. The zero-order valence-electron chi connectivity index (χ0n) is 8.88. The molecule has 0 aliphatic carbocycles. The molecule has 18 heavy (non-hydrogen) atoms. The van der Waals surface area contributed by atoms with Crippen molar-refractivity contribution in [3.05, 3.63) is 28.8 Å². The molecule has 0 aliphatic heterocycles. The predicted molar refractivity (Wildman–Crippen MR) is 54.1 cm³/mol. The Morgan fingerprint density at radius 1 is 1.22 bits per heavy atom. The van der Waals surface area contributed by atoms with Crippen LogP contribution in [-0.2, 0) is 20.5 Å². The van der Waals surface area contributed by atoms with Crippen molar-refractivity contribution in [2.75, 3.05) is 7.11 Å². The molecular formula is C10H6ClF3O4. The van der Waals surface area contributed by atoms with E-state index >= 15 is 0 Å². The first-order chi connectivity index (χ1) is 8.25. The van der Waals surface area contributed by atoms with E-state index in [9.17, 15) is 22.8 Å². The molecular weight excluding hydrogens is 277 g/mol. The van der Waals surface area contributed by atoms with E-state index in [2.05, 4.69) is 9.47 Å². The minimum absolute atomic E-state index is 0.456. The fourth-order valence-corrected chi connectivity index (χ4v) is 1.24. The number of hydrogen-bond acceptors (Lipinski definition) is 4. The van der Waals surface area contributed by atoms with Crippen molar-refractivity contribution < 1.29 is 32.2 Å². The van der Waals surface area contributed by atoms with Gasteiger partial charge in [0.05, 0.1) is 17.7 Å². The van der Waals surface area contributed by atoms with Crippen LogP contribution in [0.5, 0.6) is 5.75 Å². The highest BCUT2D eigenvalue weighted by molar-refractivity contribution is 6.31. The maximum atomic E-state index is 12.5. The van der Waals surface area contributed by atoms with E-state index < -0.39 is 34.5 Å². The van der Waals surface area contributed by atoms with Gasteiger partial charge in [-0.3, -0.25) is 0 Å². The number of benzene rings is 1. The molecule has 0 amide bonds. The summed E-state index contributed by atoms with van der Waals surface area (Å²) in [5.74, 6) is -3.20. The number of ether oxygens (including phenoxy) is 2. The SMILES string of the molecule is COC(=O)C(=O)Oc1ccc(Cl)c(C(F)(F)F)c1. The van der Waals surface area contributed by atoms with E-state index in [0.717, 1.165) is 19.2 Å². The minimum Gasteiger partial charge on any atom is -0.461 e. The lowest BCUT2D eigenvalue weighted by atomic mass is 10.2. The van der Waals surface area contributed by atoms with Crippen molar-refractivity contribution in [1.29, 1.82) is 0 Å². The van der Waals surface area contributed by atoms with Crippen molar-refractivity contribution in [2.45, 2.75) is 6.18 Å². The van der Waals surface area contributed by atoms with Gasteiger partial charge in [0, 0.05) is 0 Å². The van der Waals surface area contributed by atoms with Gasteiger partial charge in [-0.15, -0.1) is 0 Å². The summed E-state index contributed by atoms with van der Waals surface area (Å²) in [7, 11) is 0.937. The van der Waals surface area contributed by atoms with E-state index in [-0.39, 0.29) is 0 Å². The summed E-state index contributed by atoms with van der Waals surface area (Å²) in [6.45, 7) is 0. The number of rotatable bonds is 1. The van der Waals surface area contributed by atoms with Crippen molar-refractivity contribution in [3.63, 3.8) is 0 Å². The first-order valence-corrected chi connectivity index (χ1v) is 4.80. The van der Waals surface area contributed by atoms with Crippen molar-refractivity contribution in [3.8, 4) is 5.75 Å². The van der Waals surface area contributed by atoms with Gasteiger partial charge in [0.25, 0.3) is 0 Å². The highest BCUT2D eigenvalue weighted by atomic mass is 35.5. The molecule has 0 radical (unpaired) electrons. The van der Waals surface area contributed by atoms with Gasteiger partial charge in [0.1, 0.15) is 5.75 Å². The van der Waals surface area contributed by atoms with E-state index in [0.29, 0.717) is 6.07 Å². The predicted octanol–water partition coefficient (Wildman–Crippen LogP) is 2.44. The Bertz CT molecular complexity index is 485. The molecule has 0 spiro atoms. The van der Waals surface area contributed by atoms with E-state index in [1.54, 1.807) is 0 Å². The van der Waals surface area contributed by atoms with Gasteiger partial charge in [0.2, 0.25) is 0 Å². The molecule has 4 nitrogen and oxygen atoms in total. The molecule has 0 saturated carbocycles. The quantitative estimate of drug-likeness (QED) is 0.451. The molecule has 0 saturated heterocycles. The summed E-state index contributed by atoms with van der Waals surface area (Å²) in [6.07, 6.45) is -4.69. The summed E-state index contributed by atoms with van der Waals surface area (Å²) < 4.78 is 45.9. The fraction of sp³-hybridized carbons (Fsp3) is 0.200. The number of methoxy groups -OCH3 is 1.